The molecule has 7 heteroatoms. The SMILES string of the molecule is COc1cc(C(=O)N/N=C/c2ccc(O)cc2O)ccc1OC(C)C. The van der Waals surface area contributed by atoms with E-state index in [2.05, 4.69) is 10.5 Å². The topological polar surface area (TPSA) is 100 Å². The maximum atomic E-state index is 12.2. The van der Waals surface area contributed by atoms with Crippen LogP contribution in [-0.2, 0) is 0 Å². The van der Waals surface area contributed by atoms with Crippen molar-refractivity contribution in [1.82, 2.24) is 5.43 Å². The largest absolute Gasteiger partial charge is 0.508 e. The van der Waals surface area contributed by atoms with E-state index in [-0.39, 0.29) is 17.6 Å². The molecule has 0 saturated heterocycles. The van der Waals surface area contributed by atoms with Gasteiger partial charge in [-0.1, -0.05) is 0 Å². The predicted octanol–water partition coefficient (Wildman–Crippen LogP) is 2.66. The summed E-state index contributed by atoms with van der Waals surface area (Å²) in [4.78, 5) is 12.2. The van der Waals surface area contributed by atoms with Gasteiger partial charge in [-0.05, 0) is 44.2 Å². The Morgan fingerprint density at radius 2 is 1.92 bits per heavy atom. The molecule has 0 heterocycles. The number of ether oxygens (including phenoxy) is 2. The highest BCUT2D eigenvalue weighted by Crippen LogP contribution is 2.29. The van der Waals surface area contributed by atoms with E-state index in [9.17, 15) is 15.0 Å². The third-order valence-electron chi connectivity index (χ3n) is 3.17. The number of aromatic hydroxyl groups is 2. The second kappa shape index (κ2) is 8.05. The molecule has 0 atom stereocenters. The first-order chi connectivity index (χ1) is 11.9. The number of phenolic OH excluding ortho intramolecular Hbond substituents is 2. The van der Waals surface area contributed by atoms with E-state index in [4.69, 9.17) is 9.47 Å². The Labute approximate surface area is 145 Å². The second-order valence-electron chi connectivity index (χ2n) is 5.47. The summed E-state index contributed by atoms with van der Waals surface area (Å²) in [5, 5.41) is 22.7. The van der Waals surface area contributed by atoms with Crippen molar-refractivity contribution < 1.29 is 24.5 Å². The lowest BCUT2D eigenvalue weighted by molar-refractivity contribution is 0.0954. The van der Waals surface area contributed by atoms with Crippen molar-refractivity contribution in [2.24, 2.45) is 5.10 Å². The highest BCUT2D eigenvalue weighted by molar-refractivity contribution is 5.95. The molecule has 0 radical (unpaired) electrons. The van der Waals surface area contributed by atoms with Crippen molar-refractivity contribution in [3.63, 3.8) is 0 Å². The van der Waals surface area contributed by atoms with Crippen LogP contribution in [0.1, 0.15) is 29.8 Å². The van der Waals surface area contributed by atoms with Gasteiger partial charge in [-0.3, -0.25) is 4.79 Å². The minimum absolute atomic E-state index is 0.0174. The molecule has 0 fully saturated rings. The van der Waals surface area contributed by atoms with Crippen LogP contribution in [0.3, 0.4) is 0 Å². The first kappa shape index (κ1) is 18.1. The number of phenols is 2. The van der Waals surface area contributed by atoms with Gasteiger partial charge in [0.2, 0.25) is 0 Å². The molecular formula is C18H20N2O5. The first-order valence-corrected chi connectivity index (χ1v) is 7.60. The van der Waals surface area contributed by atoms with Crippen LogP contribution in [0, 0.1) is 0 Å². The van der Waals surface area contributed by atoms with Gasteiger partial charge >= 0.3 is 0 Å². The van der Waals surface area contributed by atoms with Crippen molar-refractivity contribution in [3.8, 4) is 23.0 Å². The molecule has 2 aromatic carbocycles. The molecule has 7 nitrogen and oxygen atoms in total. The van der Waals surface area contributed by atoms with Crippen LogP contribution in [0.5, 0.6) is 23.0 Å². The summed E-state index contributed by atoms with van der Waals surface area (Å²) in [6.45, 7) is 3.79. The lowest BCUT2D eigenvalue weighted by Crippen LogP contribution is -2.18. The number of nitrogens with zero attached hydrogens (tertiary/aromatic N) is 1. The summed E-state index contributed by atoms with van der Waals surface area (Å²) in [6.07, 6.45) is 1.26. The van der Waals surface area contributed by atoms with E-state index in [1.807, 2.05) is 13.8 Å². The van der Waals surface area contributed by atoms with Gasteiger partial charge in [0, 0.05) is 17.2 Å². The Bertz CT molecular complexity index is 787. The summed E-state index contributed by atoms with van der Waals surface area (Å²) in [6, 6.07) is 8.87. The molecule has 0 unspecified atom stereocenters. The van der Waals surface area contributed by atoms with Gasteiger partial charge in [0.05, 0.1) is 19.4 Å². The van der Waals surface area contributed by atoms with Gasteiger partial charge in [-0.2, -0.15) is 5.10 Å². The van der Waals surface area contributed by atoms with Crippen LogP contribution in [0.15, 0.2) is 41.5 Å². The minimum Gasteiger partial charge on any atom is -0.508 e. The second-order valence-corrected chi connectivity index (χ2v) is 5.47. The average Bonchev–Trinajstić information content (AvgIpc) is 2.56. The van der Waals surface area contributed by atoms with E-state index >= 15 is 0 Å². The maximum Gasteiger partial charge on any atom is 0.271 e. The van der Waals surface area contributed by atoms with E-state index < -0.39 is 5.91 Å². The smallest absolute Gasteiger partial charge is 0.271 e. The Morgan fingerprint density at radius 3 is 2.56 bits per heavy atom. The summed E-state index contributed by atoms with van der Waals surface area (Å²) >= 11 is 0. The van der Waals surface area contributed by atoms with E-state index in [0.29, 0.717) is 22.6 Å². The first-order valence-electron chi connectivity index (χ1n) is 7.60. The van der Waals surface area contributed by atoms with Crippen LogP contribution in [-0.4, -0.2) is 35.5 Å². The molecule has 0 spiro atoms. The van der Waals surface area contributed by atoms with E-state index in [1.54, 1.807) is 18.2 Å². The quantitative estimate of drug-likeness (QED) is 0.552. The number of hydrazone groups is 1. The molecule has 0 saturated carbocycles. The van der Waals surface area contributed by atoms with Crippen molar-refractivity contribution >= 4 is 12.1 Å². The van der Waals surface area contributed by atoms with Crippen molar-refractivity contribution in [1.29, 1.82) is 0 Å². The van der Waals surface area contributed by atoms with Crippen LogP contribution in [0.25, 0.3) is 0 Å². The number of methoxy groups -OCH3 is 1. The number of amides is 1. The van der Waals surface area contributed by atoms with Gasteiger partial charge in [0.25, 0.3) is 5.91 Å². The van der Waals surface area contributed by atoms with Gasteiger partial charge in [0.1, 0.15) is 11.5 Å². The third kappa shape index (κ3) is 4.87. The lowest BCUT2D eigenvalue weighted by Gasteiger charge is -2.14. The van der Waals surface area contributed by atoms with Crippen molar-refractivity contribution in [2.75, 3.05) is 7.11 Å². The number of nitrogens with one attached hydrogen (secondary N) is 1. The monoisotopic (exact) mass is 344 g/mol. The predicted molar refractivity (Wildman–Crippen MR) is 93.6 cm³/mol. The number of hydrogen-bond acceptors (Lipinski definition) is 6. The fourth-order valence-electron chi connectivity index (χ4n) is 2.03. The molecule has 2 rings (SSSR count). The van der Waals surface area contributed by atoms with Gasteiger partial charge in [-0.25, -0.2) is 5.43 Å². The minimum atomic E-state index is -0.441. The Hall–Kier alpha value is -3.22. The molecule has 0 bridgehead atoms. The highest BCUT2D eigenvalue weighted by atomic mass is 16.5. The zero-order valence-electron chi connectivity index (χ0n) is 14.2. The summed E-state index contributed by atoms with van der Waals surface area (Å²) in [7, 11) is 1.50. The standard InChI is InChI=1S/C18H20N2O5/c1-11(2)25-16-7-5-12(8-17(16)24-3)18(23)20-19-10-13-4-6-14(21)9-15(13)22/h4-11,21-22H,1-3H3,(H,20,23)/b19-10+. The number of rotatable bonds is 6. The zero-order chi connectivity index (χ0) is 18.4. The van der Waals surface area contributed by atoms with E-state index in [1.165, 1.54) is 31.5 Å². The van der Waals surface area contributed by atoms with Crippen LogP contribution in [0.2, 0.25) is 0 Å². The molecule has 0 aliphatic heterocycles. The van der Waals surface area contributed by atoms with Crippen molar-refractivity contribution in [2.45, 2.75) is 20.0 Å². The third-order valence-corrected chi connectivity index (χ3v) is 3.17. The maximum absolute atomic E-state index is 12.2. The molecule has 2 aromatic rings. The molecule has 3 N–H and O–H groups in total. The van der Waals surface area contributed by atoms with E-state index in [0.717, 1.165) is 0 Å². The van der Waals surface area contributed by atoms with Crippen LogP contribution < -0.4 is 14.9 Å². The molecule has 0 aliphatic carbocycles. The summed E-state index contributed by atoms with van der Waals surface area (Å²) < 4.78 is 10.8. The average molecular weight is 344 g/mol. The normalized spacial score (nSPS) is 10.9. The van der Waals surface area contributed by atoms with Gasteiger partial charge in [-0.15, -0.1) is 0 Å². The van der Waals surface area contributed by atoms with Crippen LogP contribution in [0.4, 0.5) is 0 Å². The Morgan fingerprint density at radius 1 is 1.16 bits per heavy atom. The summed E-state index contributed by atoms with van der Waals surface area (Å²) in [5.41, 5.74) is 3.07. The fourth-order valence-corrected chi connectivity index (χ4v) is 2.03. The van der Waals surface area contributed by atoms with Crippen LogP contribution >= 0.6 is 0 Å². The van der Waals surface area contributed by atoms with Gasteiger partial charge in [0.15, 0.2) is 11.5 Å². The number of benzene rings is 2. The fraction of sp³-hybridized carbons (Fsp3) is 0.222. The zero-order valence-corrected chi connectivity index (χ0v) is 14.2. The van der Waals surface area contributed by atoms with Crippen molar-refractivity contribution in [3.05, 3.63) is 47.5 Å². The molecule has 132 valence electrons. The number of carbonyl (C=O) groups is 1. The Balaban J connectivity index is 2.08. The lowest BCUT2D eigenvalue weighted by atomic mass is 10.2. The molecule has 1 amide bonds. The molecule has 0 aromatic heterocycles. The van der Waals surface area contributed by atoms with Gasteiger partial charge < -0.3 is 19.7 Å². The summed E-state index contributed by atoms with van der Waals surface area (Å²) in [5.74, 6) is 0.348. The molecule has 25 heavy (non-hydrogen) atoms. The molecular weight excluding hydrogens is 324 g/mol. The Kier molecular flexibility index (Phi) is 5.84. The number of hydrogen-bond donors (Lipinski definition) is 3. The highest BCUT2D eigenvalue weighted by Gasteiger charge is 2.11. The molecule has 0 aliphatic rings. The number of carbonyl (C=O) groups excluding carboxylic acids is 1.